The number of hydrogen-bond acceptors (Lipinski definition) is 4. The molecule has 1 rings (SSSR count). The third-order valence-corrected chi connectivity index (χ3v) is 4.20. The lowest BCUT2D eigenvalue weighted by molar-refractivity contribution is -0.118. The van der Waals surface area contributed by atoms with Crippen LogP contribution in [0.15, 0.2) is 23.1 Å². The van der Waals surface area contributed by atoms with E-state index in [0.29, 0.717) is 42.2 Å². The number of amides is 1. The molecule has 0 unspecified atom stereocenters. The normalized spacial score (nSPS) is 10.6. The summed E-state index contributed by atoms with van der Waals surface area (Å²) in [5.41, 5.74) is 0. The first-order chi connectivity index (χ1) is 10.1. The van der Waals surface area contributed by atoms with Gasteiger partial charge in [-0.05, 0) is 24.6 Å². The number of benzene rings is 1. The molecule has 0 bridgehead atoms. The van der Waals surface area contributed by atoms with Crippen molar-refractivity contribution in [2.24, 2.45) is 0 Å². The van der Waals surface area contributed by atoms with Gasteiger partial charge in [0, 0.05) is 30.2 Å². The van der Waals surface area contributed by atoms with Crippen LogP contribution in [0.25, 0.3) is 0 Å². The Bertz CT molecular complexity index is 446. The smallest absolute Gasteiger partial charge is 0.230 e. The van der Waals surface area contributed by atoms with Crippen LogP contribution in [0.2, 0.25) is 10.0 Å². The van der Waals surface area contributed by atoms with Crippen molar-refractivity contribution in [1.29, 1.82) is 0 Å². The molecular weight excluding hydrogens is 333 g/mol. The van der Waals surface area contributed by atoms with Gasteiger partial charge in [-0.25, -0.2) is 0 Å². The number of methoxy groups -OCH3 is 1. The summed E-state index contributed by atoms with van der Waals surface area (Å²) in [7, 11) is 1.63. The first kappa shape index (κ1) is 18.6. The van der Waals surface area contributed by atoms with E-state index in [2.05, 4.69) is 5.32 Å². The zero-order chi connectivity index (χ0) is 15.5. The number of hydrogen-bond donors (Lipinski definition) is 1. The van der Waals surface area contributed by atoms with Crippen LogP contribution in [0.5, 0.6) is 0 Å². The Morgan fingerprint density at radius 3 is 2.86 bits per heavy atom. The van der Waals surface area contributed by atoms with E-state index in [0.717, 1.165) is 11.3 Å². The first-order valence-electron chi connectivity index (χ1n) is 6.54. The molecule has 0 atom stereocenters. The van der Waals surface area contributed by atoms with E-state index in [9.17, 15) is 4.79 Å². The van der Waals surface area contributed by atoms with Crippen molar-refractivity contribution in [3.8, 4) is 0 Å². The van der Waals surface area contributed by atoms with Crippen molar-refractivity contribution in [3.05, 3.63) is 28.2 Å². The highest BCUT2D eigenvalue weighted by molar-refractivity contribution is 8.00. The molecule has 1 N–H and O–H groups in total. The van der Waals surface area contributed by atoms with Gasteiger partial charge in [-0.1, -0.05) is 23.2 Å². The number of thioether (sulfide) groups is 1. The standard InChI is InChI=1S/C14H19Cl2NO3S/c1-19-7-8-20-6-2-5-17-14(18)10-21-13-9-11(15)3-4-12(13)16/h3-4,9H,2,5-8,10H2,1H3,(H,17,18). The van der Waals surface area contributed by atoms with Crippen LogP contribution in [-0.2, 0) is 14.3 Å². The van der Waals surface area contributed by atoms with Gasteiger partial charge >= 0.3 is 0 Å². The van der Waals surface area contributed by atoms with E-state index < -0.39 is 0 Å². The second kappa shape index (κ2) is 11.2. The van der Waals surface area contributed by atoms with E-state index in [4.69, 9.17) is 32.7 Å². The molecule has 118 valence electrons. The van der Waals surface area contributed by atoms with Crippen molar-refractivity contribution in [3.63, 3.8) is 0 Å². The predicted octanol–water partition coefficient (Wildman–Crippen LogP) is 3.25. The number of carbonyl (C=O) groups excluding carboxylic acids is 1. The van der Waals surface area contributed by atoms with E-state index in [-0.39, 0.29) is 5.91 Å². The Labute approximate surface area is 139 Å². The first-order valence-corrected chi connectivity index (χ1v) is 8.29. The van der Waals surface area contributed by atoms with Crippen molar-refractivity contribution in [2.45, 2.75) is 11.3 Å². The Hall–Kier alpha value is -0.460. The molecule has 0 fully saturated rings. The maximum atomic E-state index is 11.7. The summed E-state index contributed by atoms with van der Waals surface area (Å²) in [6, 6.07) is 5.20. The Kier molecular flexibility index (Phi) is 9.87. The Balaban J connectivity index is 2.12. The summed E-state index contributed by atoms with van der Waals surface area (Å²) in [5.74, 6) is 0.276. The molecule has 0 saturated heterocycles. The molecular formula is C14H19Cl2NO3S. The van der Waals surface area contributed by atoms with Gasteiger partial charge in [0.1, 0.15) is 0 Å². The maximum absolute atomic E-state index is 11.7. The van der Waals surface area contributed by atoms with Crippen molar-refractivity contribution in [2.75, 3.05) is 39.2 Å². The lowest BCUT2D eigenvalue weighted by Gasteiger charge is -2.07. The van der Waals surface area contributed by atoms with Gasteiger partial charge < -0.3 is 14.8 Å². The van der Waals surface area contributed by atoms with Crippen LogP contribution in [-0.4, -0.2) is 45.1 Å². The molecule has 0 aliphatic heterocycles. The number of nitrogens with one attached hydrogen (secondary N) is 1. The van der Waals surface area contributed by atoms with Gasteiger partial charge in [0.05, 0.1) is 24.0 Å². The lowest BCUT2D eigenvalue weighted by Crippen LogP contribution is -2.27. The Morgan fingerprint density at radius 1 is 1.29 bits per heavy atom. The fourth-order valence-electron chi connectivity index (χ4n) is 1.43. The van der Waals surface area contributed by atoms with Gasteiger partial charge in [-0.15, -0.1) is 11.8 Å². The minimum atomic E-state index is -0.0343. The van der Waals surface area contributed by atoms with Gasteiger partial charge in [0.2, 0.25) is 5.91 Å². The summed E-state index contributed by atoms with van der Waals surface area (Å²) in [6.45, 7) is 2.36. The number of rotatable bonds is 10. The average molecular weight is 352 g/mol. The van der Waals surface area contributed by atoms with E-state index in [1.165, 1.54) is 11.8 Å². The van der Waals surface area contributed by atoms with Gasteiger partial charge in [-0.3, -0.25) is 4.79 Å². The molecule has 7 heteroatoms. The molecule has 0 heterocycles. The highest BCUT2D eigenvalue weighted by atomic mass is 35.5. The van der Waals surface area contributed by atoms with Crippen molar-refractivity contribution in [1.82, 2.24) is 5.32 Å². The molecule has 1 aromatic rings. The SMILES string of the molecule is COCCOCCCNC(=O)CSc1cc(Cl)ccc1Cl. The lowest BCUT2D eigenvalue weighted by atomic mass is 10.4. The third kappa shape index (κ3) is 8.53. The fourth-order valence-corrected chi connectivity index (χ4v) is 2.75. The van der Waals surface area contributed by atoms with E-state index >= 15 is 0 Å². The second-order valence-corrected chi connectivity index (χ2v) is 6.03. The largest absolute Gasteiger partial charge is 0.382 e. The molecule has 0 spiro atoms. The highest BCUT2D eigenvalue weighted by Crippen LogP contribution is 2.29. The predicted molar refractivity (Wildman–Crippen MR) is 87.5 cm³/mol. The monoisotopic (exact) mass is 351 g/mol. The summed E-state index contributed by atoms with van der Waals surface area (Å²) in [6.07, 6.45) is 0.776. The summed E-state index contributed by atoms with van der Waals surface area (Å²) >= 11 is 13.3. The molecule has 0 saturated carbocycles. The molecule has 1 amide bonds. The van der Waals surface area contributed by atoms with Crippen LogP contribution in [0, 0.1) is 0 Å². The Morgan fingerprint density at radius 2 is 2.10 bits per heavy atom. The van der Waals surface area contributed by atoms with Gasteiger partial charge in [-0.2, -0.15) is 0 Å². The average Bonchev–Trinajstić information content (AvgIpc) is 2.47. The summed E-state index contributed by atoms with van der Waals surface area (Å²) < 4.78 is 10.2. The van der Waals surface area contributed by atoms with Gasteiger partial charge in [0.25, 0.3) is 0 Å². The second-order valence-electron chi connectivity index (χ2n) is 4.17. The van der Waals surface area contributed by atoms with Crippen LogP contribution < -0.4 is 5.32 Å². The van der Waals surface area contributed by atoms with Crippen LogP contribution in [0.1, 0.15) is 6.42 Å². The quantitative estimate of drug-likeness (QED) is 0.519. The molecule has 0 radical (unpaired) electrons. The van der Waals surface area contributed by atoms with E-state index in [1.807, 2.05) is 0 Å². The van der Waals surface area contributed by atoms with Crippen molar-refractivity contribution >= 4 is 40.9 Å². The number of carbonyl (C=O) groups is 1. The molecule has 0 aliphatic carbocycles. The third-order valence-electron chi connectivity index (χ3n) is 2.47. The molecule has 1 aromatic carbocycles. The number of ether oxygens (including phenoxy) is 2. The minimum Gasteiger partial charge on any atom is -0.382 e. The molecule has 21 heavy (non-hydrogen) atoms. The maximum Gasteiger partial charge on any atom is 0.230 e. The minimum absolute atomic E-state index is 0.0343. The highest BCUT2D eigenvalue weighted by Gasteiger charge is 2.06. The molecule has 0 aromatic heterocycles. The zero-order valence-electron chi connectivity index (χ0n) is 11.9. The van der Waals surface area contributed by atoms with Crippen LogP contribution >= 0.6 is 35.0 Å². The van der Waals surface area contributed by atoms with Crippen LogP contribution in [0.3, 0.4) is 0 Å². The topological polar surface area (TPSA) is 47.6 Å². The summed E-state index contributed by atoms with van der Waals surface area (Å²) in [5, 5.41) is 4.04. The molecule has 0 aliphatic rings. The molecule has 4 nitrogen and oxygen atoms in total. The van der Waals surface area contributed by atoms with E-state index in [1.54, 1.807) is 25.3 Å². The zero-order valence-corrected chi connectivity index (χ0v) is 14.2. The van der Waals surface area contributed by atoms with Crippen LogP contribution in [0.4, 0.5) is 0 Å². The fraction of sp³-hybridized carbons (Fsp3) is 0.500. The van der Waals surface area contributed by atoms with Crippen molar-refractivity contribution < 1.29 is 14.3 Å². The summed E-state index contributed by atoms with van der Waals surface area (Å²) in [4.78, 5) is 12.5. The van der Waals surface area contributed by atoms with Gasteiger partial charge in [0.15, 0.2) is 0 Å². The number of halogens is 2.